The fraction of sp³-hybridized carbons (Fsp3) is 0.588. The molecule has 5 heteroatoms. The first-order valence-corrected chi connectivity index (χ1v) is 7.70. The minimum absolute atomic E-state index is 0.182. The van der Waals surface area contributed by atoms with Gasteiger partial charge in [0.1, 0.15) is 5.60 Å². The molecule has 0 heterocycles. The number of rotatable bonds is 5. The van der Waals surface area contributed by atoms with Gasteiger partial charge in [-0.25, -0.2) is 4.79 Å². The van der Waals surface area contributed by atoms with E-state index in [-0.39, 0.29) is 12.1 Å². The largest absolute Gasteiger partial charge is 0.444 e. The average Bonchev–Trinajstić information content (AvgIpc) is 2.36. The van der Waals surface area contributed by atoms with Gasteiger partial charge in [-0.1, -0.05) is 18.2 Å². The summed E-state index contributed by atoms with van der Waals surface area (Å²) in [4.78, 5) is 11.7. The van der Waals surface area contributed by atoms with E-state index in [2.05, 4.69) is 22.8 Å². The van der Waals surface area contributed by atoms with Crippen LogP contribution in [0.4, 0.5) is 10.5 Å². The molecule has 1 aliphatic carbocycles. The normalized spacial score (nSPS) is 20.9. The minimum atomic E-state index is -0.454. The Morgan fingerprint density at radius 2 is 1.91 bits per heavy atom. The lowest BCUT2D eigenvalue weighted by Crippen LogP contribution is -2.50. The third kappa shape index (κ3) is 4.91. The molecule has 1 aromatic carbocycles. The van der Waals surface area contributed by atoms with E-state index in [1.54, 1.807) is 7.11 Å². The highest BCUT2D eigenvalue weighted by Gasteiger charge is 2.31. The molecule has 1 fully saturated rings. The van der Waals surface area contributed by atoms with Gasteiger partial charge < -0.3 is 20.1 Å². The predicted molar refractivity (Wildman–Crippen MR) is 87.0 cm³/mol. The van der Waals surface area contributed by atoms with Gasteiger partial charge in [-0.2, -0.15) is 0 Å². The van der Waals surface area contributed by atoms with Crippen LogP contribution in [0.3, 0.4) is 0 Å². The van der Waals surface area contributed by atoms with Crippen LogP contribution in [0.5, 0.6) is 0 Å². The third-order valence-corrected chi connectivity index (χ3v) is 3.54. The number of methoxy groups -OCH3 is 1. The van der Waals surface area contributed by atoms with Crippen molar-refractivity contribution in [3.8, 4) is 0 Å². The van der Waals surface area contributed by atoms with E-state index in [1.165, 1.54) is 0 Å². The van der Waals surface area contributed by atoms with Crippen molar-refractivity contribution in [3.63, 3.8) is 0 Å². The Morgan fingerprint density at radius 3 is 2.55 bits per heavy atom. The minimum Gasteiger partial charge on any atom is -0.444 e. The number of benzene rings is 1. The highest BCUT2D eigenvalue weighted by molar-refractivity contribution is 5.68. The van der Waals surface area contributed by atoms with E-state index in [0.29, 0.717) is 12.6 Å². The molecule has 1 saturated carbocycles. The lowest BCUT2D eigenvalue weighted by molar-refractivity contribution is 0.0475. The maximum atomic E-state index is 11.7. The SMILES string of the molecule is COCc1ccccc1NC1CC(NC(=O)OC(C)(C)C)C1. The van der Waals surface area contributed by atoms with E-state index >= 15 is 0 Å². The fourth-order valence-electron chi connectivity index (χ4n) is 2.49. The monoisotopic (exact) mass is 306 g/mol. The van der Waals surface area contributed by atoms with E-state index in [4.69, 9.17) is 9.47 Å². The second kappa shape index (κ2) is 7.01. The summed E-state index contributed by atoms with van der Waals surface area (Å²) in [7, 11) is 1.70. The van der Waals surface area contributed by atoms with Crippen molar-refractivity contribution in [1.29, 1.82) is 0 Å². The Hall–Kier alpha value is -1.75. The van der Waals surface area contributed by atoms with E-state index in [9.17, 15) is 4.79 Å². The summed E-state index contributed by atoms with van der Waals surface area (Å²) >= 11 is 0. The fourth-order valence-corrected chi connectivity index (χ4v) is 2.49. The molecule has 122 valence electrons. The van der Waals surface area contributed by atoms with Gasteiger partial charge in [0.2, 0.25) is 0 Å². The summed E-state index contributed by atoms with van der Waals surface area (Å²) in [5.74, 6) is 0. The Balaban J connectivity index is 1.77. The number of carbonyl (C=O) groups excluding carboxylic acids is 1. The molecule has 0 aliphatic heterocycles. The van der Waals surface area contributed by atoms with Crippen LogP contribution in [0.15, 0.2) is 24.3 Å². The Labute approximate surface area is 132 Å². The van der Waals surface area contributed by atoms with Crippen LogP contribution >= 0.6 is 0 Å². The van der Waals surface area contributed by atoms with Gasteiger partial charge in [0.15, 0.2) is 0 Å². The van der Waals surface area contributed by atoms with Gasteiger partial charge >= 0.3 is 6.09 Å². The number of nitrogens with one attached hydrogen (secondary N) is 2. The zero-order valence-corrected chi connectivity index (χ0v) is 13.8. The molecular formula is C17H26N2O3. The Morgan fingerprint density at radius 1 is 1.23 bits per heavy atom. The molecule has 0 radical (unpaired) electrons. The quantitative estimate of drug-likeness (QED) is 0.876. The number of para-hydroxylation sites is 1. The van der Waals surface area contributed by atoms with Crippen molar-refractivity contribution < 1.29 is 14.3 Å². The number of alkyl carbamates (subject to hydrolysis) is 1. The molecule has 5 nitrogen and oxygen atoms in total. The van der Waals surface area contributed by atoms with Crippen molar-refractivity contribution in [2.75, 3.05) is 12.4 Å². The van der Waals surface area contributed by atoms with Crippen LogP contribution < -0.4 is 10.6 Å². The zero-order valence-electron chi connectivity index (χ0n) is 13.8. The first-order chi connectivity index (χ1) is 10.4. The van der Waals surface area contributed by atoms with E-state index in [0.717, 1.165) is 24.1 Å². The maximum Gasteiger partial charge on any atom is 0.407 e. The first kappa shape index (κ1) is 16.6. The molecular weight excluding hydrogens is 280 g/mol. The number of ether oxygens (including phenoxy) is 2. The van der Waals surface area contributed by atoms with Crippen molar-refractivity contribution in [2.45, 2.75) is 57.9 Å². The summed E-state index contributed by atoms with van der Waals surface area (Å²) in [5, 5.41) is 6.41. The zero-order chi connectivity index (χ0) is 16.2. The van der Waals surface area contributed by atoms with Crippen molar-refractivity contribution >= 4 is 11.8 Å². The summed E-state index contributed by atoms with van der Waals surface area (Å²) in [5.41, 5.74) is 1.79. The van der Waals surface area contributed by atoms with Gasteiger partial charge in [0.25, 0.3) is 0 Å². The molecule has 0 aromatic heterocycles. The van der Waals surface area contributed by atoms with Crippen molar-refractivity contribution in [2.24, 2.45) is 0 Å². The summed E-state index contributed by atoms with van der Waals surface area (Å²) in [6.07, 6.45) is 1.47. The van der Waals surface area contributed by atoms with Crippen molar-refractivity contribution in [3.05, 3.63) is 29.8 Å². The smallest absolute Gasteiger partial charge is 0.407 e. The molecule has 0 unspecified atom stereocenters. The Kier molecular flexibility index (Phi) is 5.29. The Bertz CT molecular complexity index is 505. The van der Waals surface area contributed by atoms with Crippen LogP contribution in [0.1, 0.15) is 39.2 Å². The van der Waals surface area contributed by atoms with Crippen LogP contribution in [-0.2, 0) is 16.1 Å². The van der Waals surface area contributed by atoms with Crippen LogP contribution in [0.25, 0.3) is 0 Å². The van der Waals surface area contributed by atoms with Gasteiger partial charge in [0, 0.05) is 30.4 Å². The average molecular weight is 306 g/mol. The number of hydrogen-bond acceptors (Lipinski definition) is 4. The molecule has 1 aliphatic rings. The molecule has 0 spiro atoms. The van der Waals surface area contributed by atoms with Gasteiger partial charge in [-0.05, 0) is 39.7 Å². The highest BCUT2D eigenvalue weighted by Crippen LogP contribution is 2.26. The number of carbonyl (C=O) groups is 1. The van der Waals surface area contributed by atoms with Crippen LogP contribution in [0, 0.1) is 0 Å². The maximum absolute atomic E-state index is 11.7. The van der Waals surface area contributed by atoms with Crippen LogP contribution in [-0.4, -0.2) is 30.9 Å². The molecule has 0 bridgehead atoms. The summed E-state index contributed by atoms with van der Waals surface area (Å²) < 4.78 is 10.5. The molecule has 1 amide bonds. The predicted octanol–water partition coefficient (Wildman–Crippen LogP) is 3.30. The first-order valence-electron chi connectivity index (χ1n) is 7.70. The van der Waals surface area contributed by atoms with Crippen LogP contribution in [0.2, 0.25) is 0 Å². The third-order valence-electron chi connectivity index (χ3n) is 3.54. The molecule has 22 heavy (non-hydrogen) atoms. The number of amides is 1. The van der Waals surface area contributed by atoms with Gasteiger partial charge in [-0.3, -0.25) is 0 Å². The molecule has 2 rings (SSSR count). The lowest BCUT2D eigenvalue weighted by atomic mass is 9.86. The molecule has 0 atom stereocenters. The molecule has 2 N–H and O–H groups in total. The van der Waals surface area contributed by atoms with E-state index in [1.807, 2.05) is 32.9 Å². The highest BCUT2D eigenvalue weighted by atomic mass is 16.6. The second-order valence-electron chi connectivity index (χ2n) is 6.75. The molecule has 0 saturated heterocycles. The van der Waals surface area contributed by atoms with Gasteiger partial charge in [-0.15, -0.1) is 0 Å². The standard InChI is InChI=1S/C17H26N2O3/c1-17(2,3)22-16(20)19-14-9-13(10-14)18-15-8-6-5-7-12(15)11-21-4/h5-8,13-14,18H,9-11H2,1-4H3,(H,19,20). The summed E-state index contributed by atoms with van der Waals surface area (Å²) in [6.45, 7) is 6.19. The molecule has 1 aromatic rings. The topological polar surface area (TPSA) is 59.6 Å². The van der Waals surface area contributed by atoms with Crippen molar-refractivity contribution in [1.82, 2.24) is 5.32 Å². The second-order valence-corrected chi connectivity index (χ2v) is 6.75. The van der Waals surface area contributed by atoms with Gasteiger partial charge in [0.05, 0.1) is 6.61 Å². The van der Waals surface area contributed by atoms with E-state index < -0.39 is 5.60 Å². The number of anilines is 1. The lowest BCUT2D eigenvalue weighted by Gasteiger charge is -2.37. The summed E-state index contributed by atoms with van der Waals surface area (Å²) in [6, 6.07) is 8.69. The number of hydrogen-bond donors (Lipinski definition) is 2.